The average molecular weight is 319 g/mol. The van der Waals surface area contributed by atoms with Gasteiger partial charge in [-0.1, -0.05) is 0 Å². The molecule has 1 aromatic rings. The van der Waals surface area contributed by atoms with E-state index < -0.39 is 5.60 Å². The number of nitrogens with one attached hydrogen (secondary N) is 1. The molecule has 2 N–H and O–H groups in total. The highest BCUT2D eigenvalue weighted by Crippen LogP contribution is 2.27. The van der Waals surface area contributed by atoms with Gasteiger partial charge in [-0.3, -0.25) is 4.79 Å². The van der Waals surface area contributed by atoms with Crippen LogP contribution in [0.1, 0.15) is 12.8 Å². The van der Waals surface area contributed by atoms with Crippen LogP contribution in [0.3, 0.4) is 0 Å². The van der Waals surface area contributed by atoms with Gasteiger partial charge in [0.15, 0.2) is 0 Å². The average Bonchev–Trinajstić information content (AvgIpc) is 2.62. The third-order valence-corrected chi connectivity index (χ3v) is 4.97. The molecule has 3 rings (SSSR count). The lowest BCUT2D eigenvalue weighted by Crippen LogP contribution is -2.59. The zero-order valence-corrected chi connectivity index (χ0v) is 13.6. The van der Waals surface area contributed by atoms with Crippen molar-refractivity contribution in [2.24, 2.45) is 0 Å². The van der Waals surface area contributed by atoms with Crippen LogP contribution >= 0.6 is 0 Å². The van der Waals surface area contributed by atoms with Crippen molar-refractivity contribution in [2.75, 3.05) is 51.3 Å². The molecule has 2 aliphatic rings. The molecule has 0 saturated carbocycles. The number of rotatable bonds is 3. The Bertz CT molecular complexity index is 533. The van der Waals surface area contributed by atoms with E-state index in [0.717, 1.165) is 44.7 Å². The normalized spacial score (nSPS) is 21.3. The molecular weight excluding hydrogens is 294 g/mol. The van der Waals surface area contributed by atoms with Crippen molar-refractivity contribution in [1.29, 1.82) is 0 Å². The van der Waals surface area contributed by atoms with E-state index >= 15 is 0 Å². The Hall–Kier alpha value is -1.79. The summed E-state index contributed by atoms with van der Waals surface area (Å²) in [7, 11) is 1.65. The molecule has 0 spiro atoms. The van der Waals surface area contributed by atoms with Gasteiger partial charge in [-0.2, -0.15) is 0 Å². The first-order chi connectivity index (χ1) is 11.1. The fourth-order valence-electron chi connectivity index (χ4n) is 3.46. The summed E-state index contributed by atoms with van der Waals surface area (Å²) < 4.78 is 5.65. The van der Waals surface area contributed by atoms with E-state index in [1.54, 1.807) is 19.2 Å². The number of nitrogens with zero attached hydrogens (tertiary/aromatic N) is 2. The number of hydrogen-bond donors (Lipinski definition) is 2. The molecule has 2 saturated heterocycles. The number of piperidine rings is 1. The van der Waals surface area contributed by atoms with E-state index in [2.05, 4.69) is 10.2 Å². The molecule has 0 unspecified atom stereocenters. The van der Waals surface area contributed by atoms with Crippen molar-refractivity contribution in [1.82, 2.24) is 10.2 Å². The van der Waals surface area contributed by atoms with Crippen LogP contribution in [0.5, 0.6) is 5.75 Å². The van der Waals surface area contributed by atoms with E-state index in [9.17, 15) is 9.90 Å². The zero-order chi connectivity index (χ0) is 16.3. The van der Waals surface area contributed by atoms with Crippen LogP contribution in [-0.4, -0.2) is 67.9 Å². The molecule has 23 heavy (non-hydrogen) atoms. The first-order valence-corrected chi connectivity index (χ1v) is 8.24. The van der Waals surface area contributed by atoms with Gasteiger partial charge in [0.25, 0.3) is 5.91 Å². The van der Waals surface area contributed by atoms with Crippen LogP contribution in [0.15, 0.2) is 24.3 Å². The Kier molecular flexibility index (Phi) is 4.73. The standard InChI is InChI=1S/C17H25N3O3/c1-23-17(6-8-18-9-7-17)16(22)20-12-10-19(11-13-20)14-2-4-15(21)5-3-14/h2-5,18,21H,6-13H2,1H3. The van der Waals surface area contributed by atoms with Crippen LogP contribution in [-0.2, 0) is 9.53 Å². The molecule has 0 aliphatic carbocycles. The quantitative estimate of drug-likeness (QED) is 0.863. The minimum absolute atomic E-state index is 0.131. The van der Waals surface area contributed by atoms with Crippen molar-refractivity contribution in [2.45, 2.75) is 18.4 Å². The number of phenols is 1. The lowest BCUT2D eigenvalue weighted by Gasteiger charge is -2.42. The van der Waals surface area contributed by atoms with Crippen molar-refractivity contribution in [3.63, 3.8) is 0 Å². The molecule has 1 amide bonds. The molecule has 6 heteroatoms. The Morgan fingerprint density at radius 3 is 2.30 bits per heavy atom. The predicted octanol–water partition coefficient (Wildman–Crippen LogP) is 0.809. The van der Waals surface area contributed by atoms with E-state index in [-0.39, 0.29) is 11.7 Å². The highest BCUT2D eigenvalue weighted by atomic mass is 16.5. The number of carbonyl (C=O) groups excluding carboxylic acids is 1. The number of methoxy groups -OCH3 is 1. The Morgan fingerprint density at radius 1 is 1.13 bits per heavy atom. The number of anilines is 1. The molecule has 6 nitrogen and oxygen atoms in total. The van der Waals surface area contributed by atoms with Gasteiger partial charge < -0.3 is 25.0 Å². The van der Waals surface area contributed by atoms with E-state index in [0.29, 0.717) is 13.1 Å². The third kappa shape index (κ3) is 3.28. The Balaban J connectivity index is 1.61. The lowest BCUT2D eigenvalue weighted by molar-refractivity contribution is -0.158. The largest absolute Gasteiger partial charge is 0.508 e. The van der Waals surface area contributed by atoms with E-state index in [1.165, 1.54) is 0 Å². The topological polar surface area (TPSA) is 65.0 Å². The molecule has 0 atom stereocenters. The fraction of sp³-hybridized carbons (Fsp3) is 0.588. The molecule has 2 fully saturated rings. The second-order valence-corrected chi connectivity index (χ2v) is 6.24. The maximum atomic E-state index is 12.9. The molecule has 0 radical (unpaired) electrons. The van der Waals surface area contributed by atoms with Gasteiger partial charge in [-0.15, -0.1) is 0 Å². The van der Waals surface area contributed by atoms with Gasteiger partial charge in [0, 0.05) is 39.0 Å². The number of carbonyl (C=O) groups is 1. The van der Waals surface area contributed by atoms with Crippen LogP contribution in [0.4, 0.5) is 5.69 Å². The van der Waals surface area contributed by atoms with E-state index in [4.69, 9.17) is 4.74 Å². The van der Waals surface area contributed by atoms with Gasteiger partial charge >= 0.3 is 0 Å². The minimum Gasteiger partial charge on any atom is -0.508 e. The first kappa shape index (κ1) is 16.1. The summed E-state index contributed by atoms with van der Waals surface area (Å²) in [5.74, 6) is 0.405. The molecule has 2 aliphatic heterocycles. The molecular formula is C17H25N3O3. The number of ether oxygens (including phenoxy) is 1. The van der Waals surface area contributed by atoms with Crippen LogP contribution in [0.2, 0.25) is 0 Å². The summed E-state index contributed by atoms with van der Waals surface area (Å²) in [6.45, 7) is 4.67. The second kappa shape index (κ2) is 6.76. The molecule has 1 aromatic carbocycles. The summed E-state index contributed by atoms with van der Waals surface area (Å²) in [6, 6.07) is 7.22. The number of piperazine rings is 1. The van der Waals surface area contributed by atoms with Gasteiger partial charge in [-0.05, 0) is 50.2 Å². The van der Waals surface area contributed by atoms with Crippen LogP contribution < -0.4 is 10.2 Å². The second-order valence-electron chi connectivity index (χ2n) is 6.24. The molecule has 0 aromatic heterocycles. The number of benzene rings is 1. The number of amides is 1. The van der Waals surface area contributed by atoms with Crippen molar-refractivity contribution >= 4 is 11.6 Å². The molecule has 0 bridgehead atoms. The van der Waals surface area contributed by atoms with Gasteiger partial charge in [0.2, 0.25) is 0 Å². The molecule has 2 heterocycles. The number of hydrogen-bond acceptors (Lipinski definition) is 5. The monoisotopic (exact) mass is 319 g/mol. The summed E-state index contributed by atoms with van der Waals surface area (Å²) in [4.78, 5) is 17.1. The summed E-state index contributed by atoms with van der Waals surface area (Å²) in [6.07, 6.45) is 1.47. The smallest absolute Gasteiger partial charge is 0.255 e. The number of phenolic OH excluding ortho intramolecular Hbond substituents is 1. The maximum absolute atomic E-state index is 12.9. The summed E-state index contributed by atoms with van der Waals surface area (Å²) in [5.41, 5.74) is 0.435. The van der Waals surface area contributed by atoms with Gasteiger partial charge in [-0.25, -0.2) is 0 Å². The summed E-state index contributed by atoms with van der Waals surface area (Å²) >= 11 is 0. The highest BCUT2D eigenvalue weighted by molar-refractivity contribution is 5.85. The highest BCUT2D eigenvalue weighted by Gasteiger charge is 2.42. The third-order valence-electron chi connectivity index (χ3n) is 4.97. The van der Waals surface area contributed by atoms with Crippen molar-refractivity contribution < 1.29 is 14.6 Å². The lowest BCUT2D eigenvalue weighted by atomic mass is 9.90. The predicted molar refractivity (Wildman–Crippen MR) is 88.7 cm³/mol. The summed E-state index contributed by atoms with van der Waals surface area (Å²) in [5, 5.41) is 12.7. The maximum Gasteiger partial charge on any atom is 0.255 e. The van der Waals surface area contributed by atoms with E-state index in [1.807, 2.05) is 17.0 Å². The van der Waals surface area contributed by atoms with Gasteiger partial charge in [0.05, 0.1) is 0 Å². The first-order valence-electron chi connectivity index (χ1n) is 8.24. The Labute approximate surface area is 137 Å². The van der Waals surface area contributed by atoms with Gasteiger partial charge in [0.1, 0.15) is 11.4 Å². The fourth-order valence-corrected chi connectivity index (χ4v) is 3.46. The minimum atomic E-state index is -0.647. The zero-order valence-electron chi connectivity index (χ0n) is 13.6. The SMILES string of the molecule is COC1(C(=O)N2CCN(c3ccc(O)cc3)CC2)CCNCC1. The van der Waals surface area contributed by atoms with Crippen molar-refractivity contribution in [3.8, 4) is 5.75 Å². The van der Waals surface area contributed by atoms with Crippen LogP contribution in [0, 0.1) is 0 Å². The Morgan fingerprint density at radius 2 is 1.74 bits per heavy atom. The van der Waals surface area contributed by atoms with Crippen molar-refractivity contribution in [3.05, 3.63) is 24.3 Å². The number of aromatic hydroxyl groups is 1. The molecule has 126 valence electrons. The van der Waals surface area contributed by atoms with Crippen LogP contribution in [0.25, 0.3) is 0 Å².